The molecule has 0 aliphatic carbocycles. The summed E-state index contributed by atoms with van der Waals surface area (Å²) in [5.74, 6) is -2.33. The second kappa shape index (κ2) is 5.78. The molecule has 0 amide bonds. The number of Topliss-reactive ketones (excluding diaryl/α,β-unsaturated/α-hetero) is 2. The van der Waals surface area contributed by atoms with Crippen molar-refractivity contribution in [2.75, 3.05) is 0 Å². The summed E-state index contributed by atoms with van der Waals surface area (Å²) < 4.78 is 41.8. The molecule has 0 spiro atoms. The number of halogens is 3. The summed E-state index contributed by atoms with van der Waals surface area (Å²) in [7, 11) is -1.78. The molecule has 0 aliphatic rings. The predicted octanol–water partition coefficient (Wildman–Crippen LogP) is 3.60. The standard InChI is InChI=1S/C13H15F3O3Si/c1-20(2,3)19-10-6-4-9(5-7-10)11(17)8-12(18)13(14,15)16/h4-7H,8H2,1-3H3. The van der Waals surface area contributed by atoms with Gasteiger partial charge in [-0.2, -0.15) is 13.2 Å². The Kier molecular flexibility index (Phi) is 4.75. The van der Waals surface area contributed by atoms with E-state index in [1.165, 1.54) is 24.3 Å². The summed E-state index contributed by atoms with van der Waals surface area (Å²) in [4.78, 5) is 22.3. The van der Waals surface area contributed by atoms with Crippen LogP contribution in [-0.4, -0.2) is 26.1 Å². The van der Waals surface area contributed by atoms with Crippen LogP contribution in [0.25, 0.3) is 0 Å². The summed E-state index contributed by atoms with van der Waals surface area (Å²) >= 11 is 0. The molecule has 0 atom stereocenters. The Morgan fingerprint density at radius 2 is 1.60 bits per heavy atom. The van der Waals surface area contributed by atoms with Gasteiger partial charge in [-0.25, -0.2) is 0 Å². The maximum Gasteiger partial charge on any atom is 0.450 e. The minimum Gasteiger partial charge on any atom is -0.544 e. The molecule has 0 bridgehead atoms. The first-order valence-electron chi connectivity index (χ1n) is 5.91. The lowest BCUT2D eigenvalue weighted by molar-refractivity contribution is -0.170. The number of ketones is 2. The van der Waals surface area contributed by atoms with Gasteiger partial charge in [-0.1, -0.05) is 0 Å². The van der Waals surface area contributed by atoms with Gasteiger partial charge in [0, 0.05) is 5.56 Å². The van der Waals surface area contributed by atoms with Crippen LogP contribution >= 0.6 is 0 Å². The lowest BCUT2D eigenvalue weighted by Crippen LogP contribution is -2.29. The Bertz CT molecular complexity index is 501. The normalized spacial score (nSPS) is 12.1. The Labute approximate surface area is 115 Å². The van der Waals surface area contributed by atoms with Crippen molar-refractivity contribution in [2.24, 2.45) is 0 Å². The first-order valence-corrected chi connectivity index (χ1v) is 9.32. The molecular weight excluding hydrogens is 289 g/mol. The minimum absolute atomic E-state index is 0.0607. The molecule has 0 fully saturated rings. The van der Waals surface area contributed by atoms with Crippen LogP contribution in [0.3, 0.4) is 0 Å². The zero-order valence-corrected chi connectivity index (χ0v) is 12.4. The zero-order chi connectivity index (χ0) is 15.6. The molecule has 110 valence electrons. The average Bonchev–Trinajstić information content (AvgIpc) is 2.26. The summed E-state index contributed by atoms with van der Waals surface area (Å²) in [5.41, 5.74) is 0.0607. The second-order valence-corrected chi connectivity index (χ2v) is 9.69. The molecule has 0 aliphatic heterocycles. The fourth-order valence-corrected chi connectivity index (χ4v) is 2.25. The van der Waals surface area contributed by atoms with Crippen molar-refractivity contribution in [3.8, 4) is 5.75 Å². The molecule has 20 heavy (non-hydrogen) atoms. The van der Waals surface area contributed by atoms with Gasteiger partial charge >= 0.3 is 6.18 Å². The quantitative estimate of drug-likeness (QED) is 0.474. The third kappa shape index (κ3) is 5.16. The Balaban J connectivity index is 2.74. The topological polar surface area (TPSA) is 43.4 Å². The number of benzene rings is 1. The molecule has 0 aromatic heterocycles. The van der Waals surface area contributed by atoms with E-state index in [0.29, 0.717) is 5.75 Å². The highest BCUT2D eigenvalue weighted by atomic mass is 28.4. The molecule has 0 unspecified atom stereocenters. The zero-order valence-electron chi connectivity index (χ0n) is 11.4. The van der Waals surface area contributed by atoms with Gasteiger partial charge in [0.25, 0.3) is 0 Å². The molecule has 0 heterocycles. The Hall–Kier alpha value is -1.63. The van der Waals surface area contributed by atoms with Gasteiger partial charge in [-0.3, -0.25) is 9.59 Å². The second-order valence-electron chi connectivity index (χ2n) is 5.26. The third-order valence-corrected chi connectivity index (χ3v) is 3.09. The van der Waals surface area contributed by atoms with Crippen LogP contribution in [0.2, 0.25) is 19.6 Å². The van der Waals surface area contributed by atoms with E-state index >= 15 is 0 Å². The van der Waals surface area contributed by atoms with Crippen molar-refractivity contribution in [3.63, 3.8) is 0 Å². The largest absolute Gasteiger partial charge is 0.544 e. The first-order chi connectivity index (χ1) is 8.99. The van der Waals surface area contributed by atoms with Crippen LogP contribution in [0, 0.1) is 0 Å². The van der Waals surface area contributed by atoms with Gasteiger partial charge in [0.05, 0.1) is 6.42 Å². The van der Waals surface area contributed by atoms with Crippen molar-refractivity contribution in [1.82, 2.24) is 0 Å². The van der Waals surface area contributed by atoms with Crippen LogP contribution in [0.5, 0.6) is 5.75 Å². The highest BCUT2D eigenvalue weighted by Crippen LogP contribution is 2.21. The number of rotatable bonds is 5. The molecule has 0 N–H and O–H groups in total. The Morgan fingerprint density at radius 1 is 1.10 bits per heavy atom. The fourth-order valence-electron chi connectivity index (χ4n) is 1.41. The van der Waals surface area contributed by atoms with E-state index in [-0.39, 0.29) is 5.56 Å². The smallest absolute Gasteiger partial charge is 0.450 e. The predicted molar refractivity (Wildman–Crippen MR) is 70.4 cm³/mol. The monoisotopic (exact) mass is 304 g/mol. The molecule has 3 nitrogen and oxygen atoms in total. The molecule has 0 saturated carbocycles. The van der Waals surface area contributed by atoms with E-state index in [9.17, 15) is 22.8 Å². The molecule has 1 aromatic rings. The third-order valence-electron chi connectivity index (χ3n) is 2.24. The van der Waals surface area contributed by atoms with Crippen LogP contribution in [0.1, 0.15) is 16.8 Å². The van der Waals surface area contributed by atoms with E-state index in [1.54, 1.807) is 0 Å². The molecule has 7 heteroatoms. The number of hydrogen-bond donors (Lipinski definition) is 0. The first kappa shape index (κ1) is 16.4. The molecular formula is C13H15F3O3Si. The summed E-state index contributed by atoms with van der Waals surface area (Å²) in [6.45, 7) is 5.94. The minimum atomic E-state index is -4.98. The maximum atomic E-state index is 12.1. The lowest BCUT2D eigenvalue weighted by Gasteiger charge is -2.19. The van der Waals surface area contributed by atoms with Crippen LogP contribution in [-0.2, 0) is 4.79 Å². The van der Waals surface area contributed by atoms with Gasteiger partial charge in [-0.05, 0) is 43.9 Å². The molecule has 1 rings (SSSR count). The highest BCUT2D eigenvalue weighted by Gasteiger charge is 2.39. The van der Waals surface area contributed by atoms with Crippen molar-refractivity contribution >= 4 is 19.9 Å². The van der Waals surface area contributed by atoms with Crippen molar-refractivity contribution in [2.45, 2.75) is 32.2 Å². The number of hydrogen-bond acceptors (Lipinski definition) is 3. The molecule has 0 saturated heterocycles. The van der Waals surface area contributed by atoms with E-state index in [4.69, 9.17) is 4.43 Å². The van der Waals surface area contributed by atoms with Gasteiger partial charge in [0.1, 0.15) is 5.75 Å². The van der Waals surface area contributed by atoms with Crippen molar-refractivity contribution < 1.29 is 27.2 Å². The summed E-state index contributed by atoms with van der Waals surface area (Å²) in [6, 6.07) is 5.76. The van der Waals surface area contributed by atoms with Crippen molar-refractivity contribution in [1.29, 1.82) is 0 Å². The van der Waals surface area contributed by atoms with E-state index in [1.807, 2.05) is 19.6 Å². The molecule has 1 aromatic carbocycles. The van der Waals surface area contributed by atoms with E-state index < -0.39 is 32.5 Å². The number of alkyl halides is 3. The van der Waals surface area contributed by atoms with Gasteiger partial charge in [-0.15, -0.1) is 0 Å². The summed E-state index contributed by atoms with van der Waals surface area (Å²) in [6.07, 6.45) is -6.14. The SMILES string of the molecule is C[Si](C)(C)Oc1ccc(C(=O)CC(=O)C(F)(F)F)cc1. The number of carbonyl (C=O) groups is 2. The number of carbonyl (C=O) groups excluding carboxylic acids is 2. The van der Waals surface area contributed by atoms with Crippen LogP contribution in [0.4, 0.5) is 13.2 Å². The van der Waals surface area contributed by atoms with Gasteiger partial charge in [0.15, 0.2) is 5.78 Å². The van der Waals surface area contributed by atoms with Gasteiger partial charge < -0.3 is 4.43 Å². The molecule has 0 radical (unpaired) electrons. The van der Waals surface area contributed by atoms with Crippen LogP contribution in [0.15, 0.2) is 24.3 Å². The summed E-state index contributed by atoms with van der Waals surface area (Å²) in [5, 5.41) is 0. The Morgan fingerprint density at radius 3 is 2.00 bits per heavy atom. The maximum absolute atomic E-state index is 12.1. The van der Waals surface area contributed by atoms with E-state index in [2.05, 4.69) is 0 Å². The van der Waals surface area contributed by atoms with Gasteiger partial charge in [0.2, 0.25) is 14.1 Å². The lowest BCUT2D eigenvalue weighted by atomic mass is 10.1. The fraction of sp³-hybridized carbons (Fsp3) is 0.385. The highest BCUT2D eigenvalue weighted by molar-refractivity contribution is 6.70. The average molecular weight is 304 g/mol. The van der Waals surface area contributed by atoms with E-state index in [0.717, 1.165) is 0 Å². The van der Waals surface area contributed by atoms with Crippen molar-refractivity contribution in [3.05, 3.63) is 29.8 Å². The van der Waals surface area contributed by atoms with Crippen LogP contribution < -0.4 is 4.43 Å².